The minimum absolute atomic E-state index is 0.120. The molecule has 1 atom stereocenters. The minimum atomic E-state index is -0.406. The lowest BCUT2D eigenvalue weighted by molar-refractivity contribution is 0.560. The van der Waals surface area contributed by atoms with Crippen LogP contribution in [0.1, 0.15) is 30.0 Å². The highest BCUT2D eigenvalue weighted by molar-refractivity contribution is 6.30. The van der Waals surface area contributed by atoms with E-state index in [2.05, 4.69) is 20.3 Å². The van der Waals surface area contributed by atoms with Gasteiger partial charge in [-0.05, 0) is 38.5 Å². The Morgan fingerprint density at radius 1 is 1.23 bits per heavy atom. The molecule has 2 aromatic heterocycles. The summed E-state index contributed by atoms with van der Waals surface area (Å²) in [7, 11) is 0. The van der Waals surface area contributed by atoms with Gasteiger partial charge in [0.2, 0.25) is 0 Å². The average Bonchev–Trinajstić information content (AvgIpc) is 3.03. The Labute approximate surface area is 132 Å². The molecule has 0 amide bonds. The number of nitrogens with one attached hydrogen (secondary N) is 1. The Morgan fingerprint density at radius 3 is 2.50 bits per heavy atom. The fraction of sp³-hybridized carbons (Fsp3) is 0.267. The lowest BCUT2D eigenvalue weighted by Crippen LogP contribution is -2.11. The van der Waals surface area contributed by atoms with Crippen LogP contribution in [-0.2, 0) is 0 Å². The van der Waals surface area contributed by atoms with Crippen molar-refractivity contribution in [2.24, 2.45) is 0 Å². The van der Waals surface area contributed by atoms with E-state index in [1.165, 1.54) is 0 Å². The van der Waals surface area contributed by atoms with Gasteiger partial charge in [0.15, 0.2) is 17.3 Å². The lowest BCUT2D eigenvalue weighted by Gasteiger charge is -2.14. The Kier molecular flexibility index (Phi) is 3.70. The van der Waals surface area contributed by atoms with Crippen molar-refractivity contribution in [1.82, 2.24) is 25.0 Å². The fourth-order valence-corrected chi connectivity index (χ4v) is 2.43. The van der Waals surface area contributed by atoms with Crippen molar-refractivity contribution in [1.29, 1.82) is 0 Å². The molecule has 0 radical (unpaired) electrons. The van der Waals surface area contributed by atoms with Gasteiger partial charge in [-0.15, -0.1) is 0 Å². The summed E-state index contributed by atoms with van der Waals surface area (Å²) >= 11 is 5.92. The van der Waals surface area contributed by atoms with Crippen molar-refractivity contribution in [3.8, 4) is 11.5 Å². The summed E-state index contributed by atoms with van der Waals surface area (Å²) < 4.78 is 15.8. The molecule has 0 aliphatic carbocycles. The topological polar surface area (TPSA) is 59.4 Å². The third kappa shape index (κ3) is 2.50. The van der Waals surface area contributed by atoms with Crippen LogP contribution in [0.5, 0.6) is 0 Å². The molecule has 1 unspecified atom stereocenters. The van der Waals surface area contributed by atoms with E-state index in [1.807, 2.05) is 31.2 Å². The molecule has 0 spiro atoms. The van der Waals surface area contributed by atoms with Crippen molar-refractivity contribution in [3.05, 3.63) is 52.2 Å². The van der Waals surface area contributed by atoms with E-state index in [1.54, 1.807) is 18.5 Å². The lowest BCUT2D eigenvalue weighted by atomic mass is 10.1. The van der Waals surface area contributed by atoms with Gasteiger partial charge < -0.3 is 0 Å². The molecule has 1 N–H and O–H groups in total. The molecule has 0 saturated carbocycles. The third-order valence-corrected chi connectivity index (χ3v) is 3.79. The first kappa shape index (κ1) is 14.7. The Hall–Kier alpha value is -2.21. The van der Waals surface area contributed by atoms with Crippen LogP contribution in [0.3, 0.4) is 0 Å². The number of aryl methyl sites for hydroxylation is 2. The van der Waals surface area contributed by atoms with Crippen molar-refractivity contribution in [3.63, 3.8) is 0 Å². The monoisotopic (exact) mass is 319 g/mol. The zero-order chi connectivity index (χ0) is 15.9. The van der Waals surface area contributed by atoms with Crippen LogP contribution < -0.4 is 0 Å². The van der Waals surface area contributed by atoms with E-state index in [9.17, 15) is 4.39 Å². The van der Waals surface area contributed by atoms with Crippen LogP contribution in [0.4, 0.5) is 4.39 Å². The molecule has 3 rings (SSSR count). The number of H-pyrrole nitrogens is 1. The SMILES string of the molecule is Cc1nc(-c2n[nH]c(C)c2F)n(C(C)c2ccc(Cl)cc2)n1. The Morgan fingerprint density at radius 2 is 1.91 bits per heavy atom. The summed E-state index contributed by atoms with van der Waals surface area (Å²) in [6.07, 6.45) is 0. The van der Waals surface area contributed by atoms with Crippen molar-refractivity contribution in [2.75, 3.05) is 0 Å². The minimum Gasteiger partial charge on any atom is -0.279 e. The van der Waals surface area contributed by atoms with E-state index >= 15 is 0 Å². The van der Waals surface area contributed by atoms with E-state index in [4.69, 9.17) is 11.6 Å². The second-order valence-corrected chi connectivity index (χ2v) is 5.60. The summed E-state index contributed by atoms with van der Waals surface area (Å²) in [5.74, 6) is 0.564. The molecular weight excluding hydrogens is 305 g/mol. The van der Waals surface area contributed by atoms with Gasteiger partial charge >= 0.3 is 0 Å². The first-order valence-corrected chi connectivity index (χ1v) is 7.24. The van der Waals surface area contributed by atoms with Crippen LogP contribution in [-0.4, -0.2) is 25.0 Å². The second kappa shape index (κ2) is 5.53. The maximum absolute atomic E-state index is 14.2. The molecule has 0 bridgehead atoms. The molecule has 1 aromatic carbocycles. The van der Waals surface area contributed by atoms with Gasteiger partial charge in [0.25, 0.3) is 0 Å². The van der Waals surface area contributed by atoms with Crippen molar-refractivity contribution in [2.45, 2.75) is 26.8 Å². The van der Waals surface area contributed by atoms with E-state index < -0.39 is 5.82 Å². The van der Waals surface area contributed by atoms with Gasteiger partial charge in [-0.3, -0.25) is 5.10 Å². The Bertz CT molecular complexity index is 806. The van der Waals surface area contributed by atoms with Crippen LogP contribution in [0.25, 0.3) is 11.5 Å². The number of halogens is 2. The number of nitrogens with zero attached hydrogens (tertiary/aromatic N) is 4. The smallest absolute Gasteiger partial charge is 0.182 e. The molecule has 5 nitrogen and oxygen atoms in total. The predicted octanol–water partition coefficient (Wildman–Crippen LogP) is 3.69. The molecule has 114 valence electrons. The van der Waals surface area contributed by atoms with Gasteiger partial charge in [0.1, 0.15) is 5.82 Å². The first-order chi connectivity index (χ1) is 10.5. The summed E-state index contributed by atoms with van der Waals surface area (Å²) in [4.78, 5) is 4.32. The highest BCUT2D eigenvalue weighted by Crippen LogP contribution is 2.27. The molecule has 0 fully saturated rings. The standard InChI is InChI=1S/C15H15ClFN5/c1-8-13(17)14(20-19-8)15-18-10(3)21-22(15)9(2)11-4-6-12(16)7-5-11/h4-7,9H,1-3H3,(H,19,20). The van der Waals surface area contributed by atoms with Gasteiger partial charge in [-0.1, -0.05) is 23.7 Å². The highest BCUT2D eigenvalue weighted by Gasteiger charge is 2.22. The summed E-state index contributed by atoms with van der Waals surface area (Å²) in [6, 6.07) is 7.34. The van der Waals surface area contributed by atoms with Gasteiger partial charge in [0.05, 0.1) is 11.7 Å². The number of hydrogen-bond donors (Lipinski definition) is 1. The predicted molar refractivity (Wildman–Crippen MR) is 82.3 cm³/mol. The molecule has 2 heterocycles. The summed E-state index contributed by atoms with van der Waals surface area (Å²) in [5.41, 5.74) is 1.56. The van der Waals surface area contributed by atoms with E-state index in [0.29, 0.717) is 22.4 Å². The zero-order valence-electron chi connectivity index (χ0n) is 12.4. The third-order valence-electron chi connectivity index (χ3n) is 3.54. The maximum Gasteiger partial charge on any atom is 0.182 e. The normalized spacial score (nSPS) is 12.6. The average molecular weight is 320 g/mol. The molecule has 0 saturated heterocycles. The van der Waals surface area contributed by atoms with Crippen molar-refractivity contribution < 1.29 is 4.39 Å². The van der Waals surface area contributed by atoms with Gasteiger partial charge in [-0.25, -0.2) is 14.1 Å². The number of benzene rings is 1. The molecule has 0 aliphatic heterocycles. The van der Waals surface area contributed by atoms with Crippen LogP contribution >= 0.6 is 11.6 Å². The number of hydrogen-bond acceptors (Lipinski definition) is 3. The van der Waals surface area contributed by atoms with Crippen LogP contribution in [0.15, 0.2) is 24.3 Å². The molecule has 3 aromatic rings. The van der Waals surface area contributed by atoms with Crippen LogP contribution in [0.2, 0.25) is 5.02 Å². The zero-order valence-corrected chi connectivity index (χ0v) is 13.2. The molecule has 7 heteroatoms. The Balaban J connectivity index is 2.08. The number of aromatic amines is 1. The van der Waals surface area contributed by atoms with E-state index in [-0.39, 0.29) is 11.7 Å². The first-order valence-electron chi connectivity index (χ1n) is 6.87. The molecule has 0 aliphatic rings. The highest BCUT2D eigenvalue weighted by atomic mass is 35.5. The van der Waals surface area contributed by atoms with E-state index in [0.717, 1.165) is 5.56 Å². The second-order valence-electron chi connectivity index (χ2n) is 5.17. The van der Waals surface area contributed by atoms with Gasteiger partial charge in [0, 0.05) is 5.02 Å². The molecule has 22 heavy (non-hydrogen) atoms. The van der Waals surface area contributed by atoms with Crippen LogP contribution in [0, 0.1) is 19.7 Å². The number of aromatic nitrogens is 5. The van der Waals surface area contributed by atoms with Crippen molar-refractivity contribution >= 4 is 11.6 Å². The quantitative estimate of drug-likeness (QED) is 0.801. The summed E-state index contributed by atoms with van der Waals surface area (Å²) in [6.45, 7) is 5.37. The summed E-state index contributed by atoms with van der Waals surface area (Å²) in [5, 5.41) is 11.7. The maximum atomic E-state index is 14.2. The number of rotatable bonds is 3. The molecular formula is C15H15ClFN5. The van der Waals surface area contributed by atoms with Gasteiger partial charge in [-0.2, -0.15) is 10.2 Å². The largest absolute Gasteiger partial charge is 0.279 e. The fourth-order valence-electron chi connectivity index (χ4n) is 2.31.